The van der Waals surface area contributed by atoms with Crippen LogP contribution in [0.1, 0.15) is 5.56 Å². The fourth-order valence-corrected chi connectivity index (χ4v) is 2.10. The molecule has 0 N–H and O–H groups in total. The van der Waals surface area contributed by atoms with Gasteiger partial charge in [0, 0.05) is 11.6 Å². The van der Waals surface area contributed by atoms with Crippen LogP contribution < -0.4 is 5.56 Å². The Morgan fingerprint density at radius 2 is 1.50 bits per heavy atom. The number of hydrogen-bond donors (Lipinski definition) is 0. The van der Waals surface area contributed by atoms with E-state index in [1.54, 1.807) is 12.3 Å². The zero-order chi connectivity index (χ0) is 13.8. The molecule has 0 saturated heterocycles. The molecule has 3 nitrogen and oxygen atoms in total. The standard InChI is InChI=1S/C17H14N2O/c20-17-11-16(15-9-5-2-6-10-15)12-18-19(17)13-14-7-3-1-4-8-14/h1-12H,13H2. The van der Waals surface area contributed by atoms with Gasteiger partial charge in [0.15, 0.2) is 0 Å². The van der Waals surface area contributed by atoms with Gasteiger partial charge in [-0.15, -0.1) is 0 Å². The predicted molar refractivity (Wildman–Crippen MR) is 79.5 cm³/mol. The Balaban J connectivity index is 1.91. The topological polar surface area (TPSA) is 34.9 Å². The highest BCUT2D eigenvalue weighted by molar-refractivity contribution is 5.61. The Labute approximate surface area is 117 Å². The average molecular weight is 262 g/mol. The summed E-state index contributed by atoms with van der Waals surface area (Å²) in [6, 6.07) is 21.3. The maximum absolute atomic E-state index is 12.1. The fourth-order valence-electron chi connectivity index (χ4n) is 2.10. The lowest BCUT2D eigenvalue weighted by Gasteiger charge is -2.06. The third kappa shape index (κ3) is 2.67. The van der Waals surface area contributed by atoms with Crippen molar-refractivity contribution >= 4 is 0 Å². The van der Waals surface area contributed by atoms with E-state index in [1.165, 1.54) is 4.68 Å². The summed E-state index contributed by atoms with van der Waals surface area (Å²) in [5.41, 5.74) is 2.83. The normalized spacial score (nSPS) is 10.4. The second-order valence-corrected chi connectivity index (χ2v) is 4.59. The first-order valence-corrected chi connectivity index (χ1v) is 6.49. The van der Waals surface area contributed by atoms with Crippen LogP contribution in [0.25, 0.3) is 11.1 Å². The van der Waals surface area contributed by atoms with Crippen molar-refractivity contribution in [2.45, 2.75) is 6.54 Å². The number of rotatable bonds is 3. The van der Waals surface area contributed by atoms with Gasteiger partial charge in [-0.25, -0.2) is 4.68 Å². The van der Waals surface area contributed by atoms with Crippen molar-refractivity contribution in [2.75, 3.05) is 0 Å². The van der Waals surface area contributed by atoms with Crippen molar-refractivity contribution in [2.24, 2.45) is 0 Å². The van der Waals surface area contributed by atoms with E-state index in [2.05, 4.69) is 5.10 Å². The Morgan fingerprint density at radius 3 is 2.15 bits per heavy atom. The minimum atomic E-state index is -0.0878. The molecule has 0 spiro atoms. The first kappa shape index (κ1) is 12.4. The molecule has 1 aromatic heterocycles. The lowest BCUT2D eigenvalue weighted by molar-refractivity contribution is 0.640. The Morgan fingerprint density at radius 1 is 0.850 bits per heavy atom. The quantitative estimate of drug-likeness (QED) is 0.727. The van der Waals surface area contributed by atoms with Gasteiger partial charge >= 0.3 is 0 Å². The molecule has 0 aliphatic carbocycles. The van der Waals surface area contributed by atoms with E-state index in [-0.39, 0.29) is 5.56 Å². The van der Waals surface area contributed by atoms with Crippen LogP contribution in [0.4, 0.5) is 0 Å². The molecular formula is C17H14N2O. The van der Waals surface area contributed by atoms with Gasteiger partial charge < -0.3 is 0 Å². The van der Waals surface area contributed by atoms with E-state index >= 15 is 0 Å². The van der Waals surface area contributed by atoms with Crippen LogP contribution in [0.15, 0.2) is 77.7 Å². The van der Waals surface area contributed by atoms with Gasteiger partial charge in [-0.1, -0.05) is 60.7 Å². The van der Waals surface area contributed by atoms with Gasteiger partial charge in [-0.3, -0.25) is 4.79 Å². The third-order valence-electron chi connectivity index (χ3n) is 3.15. The van der Waals surface area contributed by atoms with Crippen LogP contribution in [0, 0.1) is 0 Å². The maximum Gasteiger partial charge on any atom is 0.267 e. The highest BCUT2D eigenvalue weighted by Crippen LogP contribution is 2.15. The monoisotopic (exact) mass is 262 g/mol. The van der Waals surface area contributed by atoms with E-state index in [1.807, 2.05) is 60.7 Å². The number of aromatic nitrogens is 2. The average Bonchev–Trinajstić information content (AvgIpc) is 2.51. The highest BCUT2D eigenvalue weighted by atomic mass is 16.1. The first-order valence-electron chi connectivity index (χ1n) is 6.49. The molecule has 0 bridgehead atoms. The lowest BCUT2D eigenvalue weighted by Crippen LogP contribution is -2.22. The number of nitrogens with zero attached hydrogens (tertiary/aromatic N) is 2. The molecule has 0 amide bonds. The summed E-state index contributed by atoms with van der Waals surface area (Å²) in [7, 11) is 0. The van der Waals surface area contributed by atoms with Crippen LogP contribution in [0.3, 0.4) is 0 Å². The van der Waals surface area contributed by atoms with Crippen molar-refractivity contribution in [3.63, 3.8) is 0 Å². The SMILES string of the molecule is O=c1cc(-c2ccccc2)cnn1Cc1ccccc1. The summed E-state index contributed by atoms with van der Waals surface area (Å²) in [5, 5.41) is 4.25. The summed E-state index contributed by atoms with van der Waals surface area (Å²) in [5.74, 6) is 0. The van der Waals surface area contributed by atoms with Crippen LogP contribution in [0.2, 0.25) is 0 Å². The summed E-state index contributed by atoms with van der Waals surface area (Å²) < 4.78 is 1.47. The van der Waals surface area contributed by atoms with Crippen LogP contribution in [-0.2, 0) is 6.54 Å². The molecule has 0 radical (unpaired) electrons. The second kappa shape index (κ2) is 5.53. The molecule has 0 fully saturated rings. The Bertz CT molecular complexity index is 749. The summed E-state index contributed by atoms with van der Waals surface area (Å²) >= 11 is 0. The zero-order valence-electron chi connectivity index (χ0n) is 10.9. The molecule has 1 heterocycles. The van der Waals surface area contributed by atoms with Gasteiger partial charge in [-0.05, 0) is 11.1 Å². The van der Waals surface area contributed by atoms with E-state index in [0.717, 1.165) is 16.7 Å². The van der Waals surface area contributed by atoms with Crippen LogP contribution in [-0.4, -0.2) is 9.78 Å². The van der Waals surface area contributed by atoms with Crippen molar-refractivity contribution < 1.29 is 0 Å². The molecule has 0 aliphatic rings. The predicted octanol–water partition coefficient (Wildman–Crippen LogP) is 2.96. The van der Waals surface area contributed by atoms with Crippen molar-refractivity contribution in [1.29, 1.82) is 0 Å². The Hall–Kier alpha value is -2.68. The van der Waals surface area contributed by atoms with E-state index in [4.69, 9.17) is 0 Å². The summed E-state index contributed by atoms with van der Waals surface area (Å²) in [6.45, 7) is 0.495. The molecule has 3 aromatic rings. The molecule has 2 aromatic carbocycles. The Kier molecular flexibility index (Phi) is 3.42. The number of hydrogen-bond acceptors (Lipinski definition) is 2. The molecule has 20 heavy (non-hydrogen) atoms. The minimum Gasteiger partial charge on any atom is -0.268 e. The van der Waals surface area contributed by atoms with Gasteiger partial charge in [0.2, 0.25) is 0 Å². The zero-order valence-corrected chi connectivity index (χ0v) is 10.9. The molecule has 3 rings (SSSR count). The van der Waals surface area contributed by atoms with Crippen molar-refractivity contribution in [3.05, 3.63) is 88.8 Å². The molecule has 98 valence electrons. The van der Waals surface area contributed by atoms with Crippen LogP contribution in [0.5, 0.6) is 0 Å². The summed E-state index contributed by atoms with van der Waals surface area (Å²) in [4.78, 5) is 12.1. The highest BCUT2D eigenvalue weighted by Gasteiger charge is 2.02. The van der Waals surface area contributed by atoms with E-state index in [0.29, 0.717) is 6.54 Å². The minimum absolute atomic E-state index is 0.0878. The lowest BCUT2D eigenvalue weighted by atomic mass is 10.1. The second-order valence-electron chi connectivity index (χ2n) is 4.59. The maximum atomic E-state index is 12.1. The molecule has 0 aliphatic heterocycles. The number of benzene rings is 2. The molecule has 0 saturated carbocycles. The van der Waals surface area contributed by atoms with Crippen LogP contribution >= 0.6 is 0 Å². The molecule has 0 atom stereocenters. The van der Waals surface area contributed by atoms with Gasteiger partial charge in [0.1, 0.15) is 0 Å². The van der Waals surface area contributed by atoms with Gasteiger partial charge in [-0.2, -0.15) is 5.10 Å². The molecular weight excluding hydrogens is 248 g/mol. The first-order chi connectivity index (χ1) is 9.83. The van der Waals surface area contributed by atoms with Gasteiger partial charge in [0.05, 0.1) is 12.7 Å². The van der Waals surface area contributed by atoms with E-state index < -0.39 is 0 Å². The van der Waals surface area contributed by atoms with E-state index in [9.17, 15) is 4.79 Å². The van der Waals surface area contributed by atoms with Gasteiger partial charge in [0.25, 0.3) is 5.56 Å². The third-order valence-corrected chi connectivity index (χ3v) is 3.15. The van der Waals surface area contributed by atoms with Crippen molar-refractivity contribution in [1.82, 2.24) is 9.78 Å². The summed E-state index contributed by atoms with van der Waals surface area (Å²) in [6.07, 6.45) is 1.74. The molecule has 0 unspecified atom stereocenters. The largest absolute Gasteiger partial charge is 0.268 e. The van der Waals surface area contributed by atoms with Crippen molar-refractivity contribution in [3.8, 4) is 11.1 Å². The molecule has 3 heteroatoms. The fraction of sp³-hybridized carbons (Fsp3) is 0.0588. The smallest absolute Gasteiger partial charge is 0.267 e.